The Bertz CT molecular complexity index is 7570. The Balaban J connectivity index is 0.000000107. The first-order valence-electron chi connectivity index (χ1n) is 46.7. The van der Waals surface area contributed by atoms with Crippen molar-refractivity contribution in [2.45, 2.75) is 150 Å². The summed E-state index contributed by atoms with van der Waals surface area (Å²) in [6, 6.07) is 84.9. The molecule has 121 heavy (non-hydrogen) atoms. The quantitative estimate of drug-likeness (QED) is 0.128. The Morgan fingerprint density at radius 3 is 0.934 bits per heavy atom. The molecule has 0 bridgehead atoms. The van der Waals surface area contributed by atoms with E-state index in [1.165, 1.54) is 50.2 Å². The highest BCUT2D eigenvalue weighted by Gasteiger charge is 2.28. The second kappa shape index (κ2) is 32.2. The van der Waals surface area contributed by atoms with Crippen molar-refractivity contribution >= 4 is 131 Å². The van der Waals surface area contributed by atoms with Gasteiger partial charge >= 0.3 is 0 Å². The zero-order valence-electron chi connectivity index (χ0n) is 77.2. The Labute approximate surface area is 717 Å². The number of nitrogens with zero attached hydrogens (tertiary/aromatic N) is 4. The van der Waals surface area contributed by atoms with Crippen molar-refractivity contribution in [1.29, 1.82) is 0 Å². The number of rotatable bonds is 10. The van der Waals surface area contributed by atoms with Crippen LogP contribution in [0.4, 0.5) is 0 Å². The van der Waals surface area contributed by atoms with Crippen LogP contribution in [0.5, 0.6) is 0 Å². The van der Waals surface area contributed by atoms with Crippen molar-refractivity contribution < 1.29 is 44.2 Å². The second-order valence-electron chi connectivity index (χ2n) is 34.8. The number of pyridine rings is 4. The number of benzene rings is 12. The van der Waals surface area contributed by atoms with E-state index in [2.05, 4.69) is 285 Å². The summed E-state index contributed by atoms with van der Waals surface area (Å²) in [4.78, 5) is 0. The number of furan rings is 4. The molecule has 20 aromatic rings. The molecule has 8 nitrogen and oxygen atoms in total. The smallest absolute Gasteiger partial charge is 0.212 e. The molecule has 3 fully saturated rings. The lowest BCUT2D eigenvalue weighted by molar-refractivity contribution is -0.660. The summed E-state index contributed by atoms with van der Waals surface area (Å²) in [6.07, 6.45) is 19.4. The first-order valence-corrected chi connectivity index (χ1v) is 43.7. The van der Waals surface area contributed by atoms with E-state index in [-0.39, 0.29) is 11.8 Å². The van der Waals surface area contributed by atoms with Crippen molar-refractivity contribution in [2.24, 2.45) is 40.0 Å². The molecular weight excluding hydrogens is 1480 g/mol. The van der Waals surface area contributed by atoms with Crippen LogP contribution in [0.2, 0.25) is 0 Å². The minimum atomic E-state index is -1.39. The van der Waals surface area contributed by atoms with Gasteiger partial charge in [-0.15, -0.1) is 0 Å². The van der Waals surface area contributed by atoms with Crippen LogP contribution in [0.25, 0.3) is 176 Å². The SMILES string of the molecule is [2H]C([2H])(c1cc[n+](C)c(-c2cc3c(cc2C)oc2c4ccccc4ccc32)c1)C(C)C.[2H]C([2H])(c1cc[n+](C)c(-c2cc3c(cc2C)oc2c4ccccc4ccc32)c1)C1CCCC1.[2H]C1(c2cc[n+](C)c(-c3cc4c(cc3C)oc3c5ccccc5ccc43)c2)CCCC1.[2H]C1(c2cc[n+](C)c(-c3cc4c(cc3C)oc3c5ccccc5ccc43)c2)CCCCC1. The third kappa shape index (κ3) is 14.7. The molecule has 600 valence electrons. The maximum atomic E-state index is 9.11. The average molecular weight is 1590 g/mol. The molecule has 0 aliphatic heterocycles. The van der Waals surface area contributed by atoms with Crippen LogP contribution in [-0.2, 0) is 40.9 Å². The van der Waals surface area contributed by atoms with Gasteiger partial charge in [0.1, 0.15) is 72.9 Å². The summed E-state index contributed by atoms with van der Waals surface area (Å²) < 4.78 is 86.8. The molecule has 0 radical (unpaired) electrons. The lowest BCUT2D eigenvalue weighted by Gasteiger charge is -2.21. The van der Waals surface area contributed by atoms with E-state index in [1.807, 2.05) is 70.7 Å². The Kier molecular flexibility index (Phi) is 18.7. The molecule has 3 aliphatic rings. The van der Waals surface area contributed by atoms with Gasteiger partial charge in [-0.1, -0.05) is 193 Å². The highest BCUT2D eigenvalue weighted by atomic mass is 16.3. The molecule has 0 spiro atoms. The maximum absolute atomic E-state index is 9.11. The molecule has 23 rings (SSSR count). The third-order valence-corrected chi connectivity index (χ3v) is 26.2. The topological polar surface area (TPSA) is 68.1 Å². The van der Waals surface area contributed by atoms with Crippen LogP contribution < -0.4 is 18.3 Å². The molecule has 0 atom stereocenters. The second-order valence-corrected chi connectivity index (χ2v) is 34.8. The first-order chi connectivity index (χ1) is 61.3. The van der Waals surface area contributed by atoms with E-state index in [9.17, 15) is 0 Å². The van der Waals surface area contributed by atoms with Crippen molar-refractivity contribution in [3.8, 4) is 45.0 Å². The molecule has 8 heteroatoms. The molecule has 3 aliphatic carbocycles. The molecule has 0 unspecified atom stereocenters. The molecule has 12 aromatic carbocycles. The first kappa shape index (κ1) is 70.3. The maximum Gasteiger partial charge on any atom is 0.212 e. The van der Waals surface area contributed by atoms with E-state index < -0.39 is 24.5 Å². The van der Waals surface area contributed by atoms with Crippen molar-refractivity contribution in [3.63, 3.8) is 0 Å². The largest absolute Gasteiger partial charge is 0.455 e. The highest BCUT2D eigenvalue weighted by molar-refractivity contribution is 6.19. The number of hydrogen-bond donors (Lipinski definition) is 0. The van der Waals surface area contributed by atoms with Gasteiger partial charge in [0.25, 0.3) is 0 Å². The van der Waals surface area contributed by atoms with Crippen LogP contribution in [-0.4, -0.2) is 0 Å². The lowest BCUT2D eigenvalue weighted by atomic mass is 9.84. The molecule has 0 saturated heterocycles. The summed E-state index contributed by atoms with van der Waals surface area (Å²) in [7, 11) is 8.24. The standard InChI is InChI=1S/2C29H28NO.C28H26NO.C27H26NO/c1-19-15-28-26(24-12-11-22-9-5-6-10-23(22)29(24)31-28)18-25(19)27-17-21(13-14-30(27)2)16-20-7-3-4-8-20;1-19-16-28-26(24-13-12-21-10-6-7-11-23(21)29(24)31-28)18-25(19)27-17-22(14-15-30(27)2)20-8-4-3-5-9-20;1-18-15-27-25(23-12-11-20-9-5-6-10-22(20)28(23)30-27)17-24(18)26-16-21(13-14-29(26)2)19-7-3-4-8-19;1-17(2)13-19-11-12-28(4)25(15-19)23-16-24-22-10-9-20-7-5-6-8-21(20)27(22)29-26(24)14-18(23)3/h5-6,9-15,17-18,20H,3-4,7-8,16H2,1-2H3;6-7,10-18,20H,3-5,8-9H2,1-2H3;5-6,9-17,19H,3-4,7-8H2,1-2H3;5-12,14-17H,13H2,1-4H3/q4*+1/i16D2;20D;19D;13D2. The van der Waals surface area contributed by atoms with Gasteiger partial charge < -0.3 is 17.7 Å². The predicted molar refractivity (Wildman–Crippen MR) is 502 cm³/mol. The van der Waals surface area contributed by atoms with E-state index in [1.54, 1.807) is 0 Å². The van der Waals surface area contributed by atoms with Gasteiger partial charge in [-0.25, -0.2) is 18.3 Å². The predicted octanol–water partition coefficient (Wildman–Crippen LogP) is 28.8. The van der Waals surface area contributed by atoms with E-state index >= 15 is 0 Å². The van der Waals surface area contributed by atoms with E-state index in [0.717, 1.165) is 248 Å². The summed E-state index contributed by atoms with van der Waals surface area (Å²) in [5.41, 5.74) is 24.7. The van der Waals surface area contributed by atoms with Gasteiger partial charge in [0.2, 0.25) is 22.8 Å². The monoisotopic (exact) mass is 1590 g/mol. The van der Waals surface area contributed by atoms with Gasteiger partial charge in [-0.05, 0) is 229 Å². The van der Waals surface area contributed by atoms with Crippen LogP contribution >= 0.6 is 0 Å². The van der Waals surface area contributed by atoms with Gasteiger partial charge in [0.15, 0.2) is 24.8 Å². The van der Waals surface area contributed by atoms with Gasteiger partial charge in [-0.2, -0.15) is 0 Å². The van der Waals surface area contributed by atoms with Crippen molar-refractivity contribution in [1.82, 2.24) is 0 Å². The van der Waals surface area contributed by atoms with E-state index in [0.29, 0.717) is 5.56 Å². The molecule has 0 N–H and O–H groups in total. The summed E-state index contributed by atoms with van der Waals surface area (Å²) in [6.45, 7) is 12.3. The molecule has 8 heterocycles. The molecule has 8 aromatic heterocycles. The highest BCUT2D eigenvalue weighted by Crippen LogP contribution is 2.45. The summed E-state index contributed by atoms with van der Waals surface area (Å²) >= 11 is 0. The lowest BCUT2D eigenvalue weighted by Crippen LogP contribution is -2.31. The Morgan fingerprint density at radius 1 is 0.306 bits per heavy atom. The van der Waals surface area contributed by atoms with Crippen LogP contribution in [0, 0.1) is 39.5 Å². The minimum Gasteiger partial charge on any atom is -0.455 e. The van der Waals surface area contributed by atoms with E-state index in [4.69, 9.17) is 25.9 Å². The van der Waals surface area contributed by atoms with Crippen molar-refractivity contribution in [3.05, 3.63) is 312 Å². The number of fused-ring (bicyclic) bond motifs is 20. The fourth-order valence-corrected chi connectivity index (χ4v) is 19.7. The van der Waals surface area contributed by atoms with Crippen LogP contribution in [0.1, 0.15) is 162 Å². The average Bonchev–Trinajstić information content (AvgIpc) is 1.63. The zero-order chi connectivity index (χ0) is 87.7. The summed E-state index contributed by atoms with van der Waals surface area (Å²) in [5.74, 6) is -0.904. The fourth-order valence-electron chi connectivity index (χ4n) is 19.7. The molecule has 3 saturated carbocycles. The van der Waals surface area contributed by atoms with Crippen LogP contribution in [0.15, 0.2) is 285 Å². The minimum absolute atomic E-state index is 0.104. The Morgan fingerprint density at radius 2 is 0.595 bits per heavy atom. The number of aryl methyl sites for hydroxylation is 8. The normalized spacial score (nSPS) is 15.8. The number of aromatic nitrogens is 4. The van der Waals surface area contributed by atoms with Crippen molar-refractivity contribution in [2.75, 3.05) is 0 Å². The zero-order valence-corrected chi connectivity index (χ0v) is 71.2. The third-order valence-electron chi connectivity index (χ3n) is 26.2. The number of hydrogen-bond acceptors (Lipinski definition) is 4. The van der Waals surface area contributed by atoms with Gasteiger partial charge in [0.05, 0.1) is 0 Å². The van der Waals surface area contributed by atoms with Gasteiger partial charge in [0, 0.05) is 144 Å². The summed E-state index contributed by atoms with van der Waals surface area (Å²) in [5, 5.41) is 18.3. The molecule has 0 amide bonds. The Hall–Kier alpha value is -12.5. The van der Waals surface area contributed by atoms with Crippen LogP contribution in [0.3, 0.4) is 0 Å². The fraction of sp³-hybridized carbons (Fsp3) is 0.257. The van der Waals surface area contributed by atoms with Gasteiger partial charge in [-0.3, -0.25) is 0 Å². The molecular formula is C113H108N4O4+4.